The molecule has 0 aromatic heterocycles. The number of rotatable bonds is 3. The summed E-state index contributed by atoms with van der Waals surface area (Å²) in [5.74, 6) is -0.729. The number of carbonyl (C=O) groups excluding carboxylic acids is 1. The molecule has 0 unspecified atom stereocenters. The van der Waals surface area contributed by atoms with Gasteiger partial charge in [0, 0.05) is 40.0 Å². The average molecular weight is 500 g/mol. The van der Waals surface area contributed by atoms with E-state index in [1.807, 2.05) is 18.2 Å². The summed E-state index contributed by atoms with van der Waals surface area (Å²) in [7, 11) is -4.57. The number of fused-ring (bicyclic) bond motifs is 2. The van der Waals surface area contributed by atoms with Gasteiger partial charge in [0.05, 0.1) is 0 Å². The van der Waals surface area contributed by atoms with Gasteiger partial charge in [0.2, 0.25) is 5.78 Å². The van der Waals surface area contributed by atoms with Crippen LogP contribution in [0.5, 0.6) is 5.75 Å². The number of benzene rings is 3. The molecule has 0 saturated carbocycles. The van der Waals surface area contributed by atoms with Crippen molar-refractivity contribution in [3.05, 3.63) is 77.9 Å². The molecule has 0 amide bonds. The van der Waals surface area contributed by atoms with Gasteiger partial charge in [-0.2, -0.15) is 13.5 Å². The zero-order valence-electron chi connectivity index (χ0n) is 16.2. The Morgan fingerprint density at radius 3 is 2.09 bits per heavy atom. The van der Waals surface area contributed by atoms with Crippen LogP contribution in [0.15, 0.2) is 71.8 Å². The van der Waals surface area contributed by atoms with Crippen LogP contribution >= 0.6 is 0 Å². The zero-order valence-corrected chi connectivity index (χ0v) is 18.3. The molecule has 0 bridgehead atoms. The monoisotopic (exact) mass is 500 g/mol. The molecule has 170 valence electrons. The zero-order chi connectivity index (χ0) is 19.9. The number of phenols is 1. The minimum atomic E-state index is -4.57. The molecule has 3 aromatic carbocycles. The molecule has 1 aliphatic carbocycles. The number of hydrogen-bond donors (Lipinski definition) is 3. The number of hydrogen-bond acceptors (Lipinski definition) is 6. The van der Waals surface area contributed by atoms with Gasteiger partial charge in [0.25, 0.3) is 10.1 Å². The maximum absolute atomic E-state index is 12.5. The second kappa shape index (κ2) is 11.0. The number of ketones is 1. The summed E-state index contributed by atoms with van der Waals surface area (Å²) in [5.41, 5.74) is 3.45. The summed E-state index contributed by atoms with van der Waals surface area (Å²) in [6.07, 6.45) is 0.834. The molecule has 32 heavy (non-hydrogen) atoms. The number of nitrogens with one attached hydrogen (secondary N) is 1. The van der Waals surface area contributed by atoms with E-state index in [1.54, 1.807) is 24.3 Å². The van der Waals surface area contributed by atoms with E-state index in [-0.39, 0.29) is 56.4 Å². The molecular formula is C20H20CrN2O8S. The molecule has 10 nitrogen and oxygen atoms in total. The Labute approximate surface area is 193 Å². The van der Waals surface area contributed by atoms with Crippen molar-refractivity contribution in [3.63, 3.8) is 0 Å². The standard InChI is InChI=1S/C20H14N2O5S.Cr.3H2O/c23-16-10-9-12-5-1-2-6-13(12)19(16)21-22-20-15-8-4-3-7-14(15)18(11-17(20)24)28(25,26)27;;;;/h1-11,21,23H,(H,25,26,27);;3*1H2/b22-20-;;;;. The Morgan fingerprint density at radius 2 is 1.44 bits per heavy atom. The van der Waals surface area contributed by atoms with Gasteiger partial charge in [-0.05, 0) is 11.5 Å². The molecule has 0 atom stereocenters. The van der Waals surface area contributed by atoms with E-state index in [2.05, 4.69) is 10.5 Å². The van der Waals surface area contributed by atoms with Crippen molar-refractivity contribution < 1.29 is 56.7 Å². The smallest absolute Gasteiger partial charge is 0.295 e. The van der Waals surface area contributed by atoms with Gasteiger partial charge in [-0.15, -0.1) is 0 Å². The van der Waals surface area contributed by atoms with Crippen LogP contribution in [0.25, 0.3) is 15.7 Å². The Morgan fingerprint density at radius 1 is 0.844 bits per heavy atom. The van der Waals surface area contributed by atoms with Crippen LogP contribution < -0.4 is 5.43 Å². The van der Waals surface area contributed by atoms with Gasteiger partial charge in [-0.3, -0.25) is 14.8 Å². The Bertz CT molecular complexity index is 1310. The second-order valence-electron chi connectivity index (χ2n) is 6.15. The number of nitrogens with zero attached hydrogens (tertiary/aromatic N) is 1. The van der Waals surface area contributed by atoms with E-state index in [1.165, 1.54) is 18.2 Å². The van der Waals surface area contributed by atoms with Gasteiger partial charge >= 0.3 is 0 Å². The maximum atomic E-state index is 12.5. The van der Waals surface area contributed by atoms with Crippen LogP contribution in [0.2, 0.25) is 0 Å². The van der Waals surface area contributed by atoms with E-state index in [0.717, 1.165) is 11.5 Å². The van der Waals surface area contributed by atoms with Crippen molar-refractivity contribution in [3.8, 4) is 5.75 Å². The molecule has 0 heterocycles. The van der Waals surface area contributed by atoms with Crippen molar-refractivity contribution in [2.45, 2.75) is 0 Å². The minimum Gasteiger partial charge on any atom is -0.506 e. The second-order valence-corrected chi connectivity index (χ2v) is 7.54. The van der Waals surface area contributed by atoms with Gasteiger partial charge in [-0.1, -0.05) is 54.6 Å². The number of aromatic hydroxyl groups is 1. The number of phenolic OH excluding ortho intramolecular Hbond substituents is 1. The van der Waals surface area contributed by atoms with Crippen molar-refractivity contribution in [2.24, 2.45) is 5.10 Å². The van der Waals surface area contributed by atoms with Crippen molar-refractivity contribution in [1.29, 1.82) is 0 Å². The molecule has 0 spiro atoms. The Balaban J connectivity index is 0.00000240. The van der Waals surface area contributed by atoms with E-state index >= 15 is 0 Å². The van der Waals surface area contributed by atoms with Gasteiger partial charge < -0.3 is 21.5 Å². The molecule has 4 rings (SSSR count). The predicted molar refractivity (Wildman–Crippen MR) is 118 cm³/mol. The SMILES string of the molecule is O.O.O.O=C1C=C(S(=O)(=O)O)c2ccccc2/C1=N/Nc1c(O)ccc2ccccc12.[Cr]. The van der Waals surface area contributed by atoms with Crippen LogP contribution in [0, 0.1) is 0 Å². The van der Waals surface area contributed by atoms with Crippen molar-refractivity contribution in [2.75, 3.05) is 5.43 Å². The van der Waals surface area contributed by atoms with Crippen LogP contribution in [0.1, 0.15) is 11.1 Å². The fraction of sp³-hybridized carbons (Fsp3) is 0. The van der Waals surface area contributed by atoms with E-state index in [9.17, 15) is 22.9 Å². The first kappa shape index (κ1) is 28.9. The van der Waals surface area contributed by atoms with Crippen molar-refractivity contribution >= 4 is 43.0 Å². The largest absolute Gasteiger partial charge is 0.506 e. The number of carbonyl (C=O) groups is 1. The third-order valence-electron chi connectivity index (χ3n) is 4.41. The Kier molecular flexibility index (Phi) is 9.93. The Hall–Kier alpha value is -3.08. The summed E-state index contributed by atoms with van der Waals surface area (Å²) < 4.78 is 32.7. The summed E-state index contributed by atoms with van der Waals surface area (Å²) >= 11 is 0. The summed E-state index contributed by atoms with van der Waals surface area (Å²) in [6.45, 7) is 0. The van der Waals surface area contributed by atoms with Crippen molar-refractivity contribution in [1.82, 2.24) is 0 Å². The first-order chi connectivity index (χ1) is 13.4. The third kappa shape index (κ3) is 5.21. The molecule has 0 aliphatic heterocycles. The first-order valence-corrected chi connectivity index (χ1v) is 9.68. The number of hydrazone groups is 1. The molecule has 0 radical (unpaired) electrons. The first-order valence-electron chi connectivity index (χ1n) is 8.24. The minimum absolute atomic E-state index is 0. The molecule has 0 saturated heterocycles. The van der Waals surface area contributed by atoms with E-state index in [4.69, 9.17) is 0 Å². The van der Waals surface area contributed by atoms with Gasteiger partial charge in [-0.25, -0.2) is 0 Å². The maximum Gasteiger partial charge on any atom is 0.295 e. The molecular weight excluding hydrogens is 480 g/mol. The fourth-order valence-electron chi connectivity index (χ4n) is 3.12. The van der Waals surface area contributed by atoms with Gasteiger partial charge in [0.15, 0.2) is 0 Å². The summed E-state index contributed by atoms with van der Waals surface area (Å²) in [6, 6.07) is 16.8. The number of allylic oxidation sites excluding steroid dienone is 1. The molecule has 9 N–H and O–H groups in total. The summed E-state index contributed by atoms with van der Waals surface area (Å²) in [5, 5.41) is 15.9. The molecule has 12 heteroatoms. The molecule has 3 aromatic rings. The quantitative estimate of drug-likeness (QED) is 0.267. The third-order valence-corrected chi connectivity index (χ3v) is 5.30. The fourth-order valence-corrected chi connectivity index (χ4v) is 3.83. The van der Waals surface area contributed by atoms with Crippen LogP contribution in [-0.2, 0) is 32.3 Å². The van der Waals surface area contributed by atoms with Crippen LogP contribution in [0.4, 0.5) is 5.69 Å². The van der Waals surface area contributed by atoms with Gasteiger partial charge in [0.1, 0.15) is 22.1 Å². The molecule has 0 fully saturated rings. The normalized spacial score (nSPS) is 13.5. The van der Waals surface area contributed by atoms with Crippen LogP contribution in [0.3, 0.4) is 0 Å². The van der Waals surface area contributed by atoms with Crippen LogP contribution in [-0.4, -0.2) is 46.0 Å². The molecule has 1 aliphatic rings. The topological polar surface area (TPSA) is 211 Å². The predicted octanol–water partition coefficient (Wildman–Crippen LogP) is 0.696. The summed E-state index contributed by atoms with van der Waals surface area (Å²) in [4.78, 5) is 12.0. The van der Waals surface area contributed by atoms with E-state index < -0.39 is 20.8 Å². The van der Waals surface area contributed by atoms with E-state index in [0.29, 0.717) is 11.1 Å². The number of anilines is 1. The average Bonchev–Trinajstić information content (AvgIpc) is 2.67.